The molecule has 2 aromatic carbocycles. The van der Waals surface area contributed by atoms with E-state index < -0.39 is 33.4 Å². The molecule has 0 radical (unpaired) electrons. The van der Waals surface area contributed by atoms with Crippen LogP contribution in [0.3, 0.4) is 0 Å². The average molecular weight is 539 g/mol. The number of amides is 2. The summed E-state index contributed by atoms with van der Waals surface area (Å²) in [6, 6.07) is 11.0. The van der Waals surface area contributed by atoms with Crippen molar-refractivity contribution < 1.29 is 22.9 Å². The predicted octanol–water partition coefficient (Wildman–Crippen LogP) is 3.74. The number of carbonyl (C=O) groups is 2. The van der Waals surface area contributed by atoms with Gasteiger partial charge in [-0.05, 0) is 30.5 Å². The molecule has 0 bridgehead atoms. The number of sulfonamides is 1. The number of hydrogen-bond acceptors (Lipinski definition) is 6. The molecule has 0 saturated carbocycles. The molecule has 0 aliphatic rings. The number of nitrogens with one attached hydrogen (secondary N) is 1. The third-order valence-corrected chi connectivity index (χ3v) is 7.03. The molecule has 196 valence electrons. The second kappa shape index (κ2) is 13.2. The molecular formula is C24H31ClN4O6S. The van der Waals surface area contributed by atoms with Crippen LogP contribution in [0.4, 0.5) is 11.4 Å². The summed E-state index contributed by atoms with van der Waals surface area (Å²) in [5.41, 5.74) is 0.245. The SMILES string of the molecule is CCCCNC(=O)[C@@H](CC)N(Cc1ccccc1Cl)C(=O)CN(c1cccc([N+](=O)[O-])c1)S(C)(=O)=O. The van der Waals surface area contributed by atoms with Gasteiger partial charge in [-0.1, -0.05) is 56.1 Å². The molecule has 36 heavy (non-hydrogen) atoms. The van der Waals surface area contributed by atoms with Gasteiger partial charge in [-0.15, -0.1) is 0 Å². The summed E-state index contributed by atoms with van der Waals surface area (Å²) < 4.78 is 26.0. The number of nitro groups is 1. The third-order valence-electron chi connectivity index (χ3n) is 5.52. The molecular weight excluding hydrogens is 508 g/mol. The fourth-order valence-corrected chi connectivity index (χ4v) is 4.65. The van der Waals surface area contributed by atoms with Gasteiger partial charge in [-0.25, -0.2) is 8.42 Å². The van der Waals surface area contributed by atoms with Gasteiger partial charge in [0.2, 0.25) is 21.8 Å². The fourth-order valence-electron chi connectivity index (χ4n) is 3.61. The molecule has 2 aromatic rings. The van der Waals surface area contributed by atoms with Crippen molar-refractivity contribution >= 4 is 44.8 Å². The van der Waals surface area contributed by atoms with E-state index in [4.69, 9.17) is 11.6 Å². The van der Waals surface area contributed by atoms with Crippen LogP contribution in [0.5, 0.6) is 0 Å². The van der Waals surface area contributed by atoms with Crippen molar-refractivity contribution in [2.24, 2.45) is 0 Å². The summed E-state index contributed by atoms with van der Waals surface area (Å²) in [6.45, 7) is 3.52. The molecule has 0 aliphatic carbocycles. The fraction of sp³-hybridized carbons (Fsp3) is 0.417. The lowest BCUT2D eigenvalue weighted by Crippen LogP contribution is -2.52. The van der Waals surface area contributed by atoms with Crippen LogP contribution in [0.1, 0.15) is 38.7 Å². The van der Waals surface area contributed by atoms with Gasteiger partial charge in [-0.3, -0.25) is 24.0 Å². The minimum absolute atomic E-state index is 0.0231. The molecule has 0 spiro atoms. The second-order valence-corrected chi connectivity index (χ2v) is 10.5. The van der Waals surface area contributed by atoms with Crippen molar-refractivity contribution in [3.63, 3.8) is 0 Å². The van der Waals surface area contributed by atoms with Crippen LogP contribution in [-0.4, -0.2) is 55.4 Å². The van der Waals surface area contributed by atoms with Crippen LogP contribution in [0.15, 0.2) is 48.5 Å². The number of benzene rings is 2. The van der Waals surface area contributed by atoms with Crippen LogP contribution >= 0.6 is 11.6 Å². The maximum atomic E-state index is 13.6. The normalized spacial score (nSPS) is 12.0. The van der Waals surface area contributed by atoms with Crippen LogP contribution in [0.25, 0.3) is 0 Å². The van der Waals surface area contributed by atoms with Crippen molar-refractivity contribution in [2.75, 3.05) is 23.7 Å². The quantitative estimate of drug-likeness (QED) is 0.235. The topological polar surface area (TPSA) is 130 Å². The van der Waals surface area contributed by atoms with Crippen LogP contribution in [0, 0.1) is 10.1 Å². The molecule has 0 fully saturated rings. The highest BCUT2D eigenvalue weighted by Crippen LogP contribution is 2.25. The van der Waals surface area contributed by atoms with Gasteiger partial charge in [0.25, 0.3) is 5.69 Å². The first-order valence-electron chi connectivity index (χ1n) is 11.5. The minimum Gasteiger partial charge on any atom is -0.354 e. The number of nitro benzene ring substituents is 1. The van der Waals surface area contributed by atoms with E-state index >= 15 is 0 Å². The Morgan fingerprint density at radius 3 is 2.42 bits per heavy atom. The van der Waals surface area contributed by atoms with E-state index in [1.807, 2.05) is 6.92 Å². The lowest BCUT2D eigenvalue weighted by molar-refractivity contribution is -0.384. The molecule has 10 nitrogen and oxygen atoms in total. The number of unbranched alkanes of at least 4 members (excludes halogenated alkanes) is 1. The summed E-state index contributed by atoms with van der Waals surface area (Å²) in [5.74, 6) is -1.00. The Morgan fingerprint density at radius 1 is 1.14 bits per heavy atom. The molecule has 0 saturated heterocycles. The number of hydrogen-bond donors (Lipinski definition) is 1. The number of carbonyl (C=O) groups excluding carboxylic acids is 2. The van der Waals surface area contributed by atoms with Crippen LogP contribution < -0.4 is 9.62 Å². The highest BCUT2D eigenvalue weighted by molar-refractivity contribution is 7.92. The molecule has 2 rings (SSSR count). The molecule has 0 aromatic heterocycles. The van der Waals surface area contributed by atoms with Crippen molar-refractivity contribution in [3.8, 4) is 0 Å². The van der Waals surface area contributed by atoms with Crippen molar-refractivity contribution in [2.45, 2.75) is 45.7 Å². The highest BCUT2D eigenvalue weighted by atomic mass is 35.5. The Labute approximate surface area is 216 Å². The molecule has 1 N–H and O–H groups in total. The molecule has 0 aliphatic heterocycles. The van der Waals surface area contributed by atoms with Crippen LogP contribution in [-0.2, 0) is 26.2 Å². The van der Waals surface area contributed by atoms with E-state index in [1.165, 1.54) is 23.1 Å². The maximum Gasteiger partial charge on any atom is 0.271 e. The summed E-state index contributed by atoms with van der Waals surface area (Å²) in [6.07, 6.45) is 2.84. The first kappa shape index (κ1) is 29.1. The number of rotatable bonds is 13. The van der Waals surface area contributed by atoms with Crippen molar-refractivity contribution in [1.29, 1.82) is 0 Å². The van der Waals surface area contributed by atoms with Gasteiger partial charge in [-0.2, -0.15) is 0 Å². The zero-order chi connectivity index (χ0) is 26.9. The molecule has 0 heterocycles. The Hall–Kier alpha value is -3.18. The third kappa shape index (κ3) is 7.92. The average Bonchev–Trinajstić information content (AvgIpc) is 2.83. The Kier molecular flexibility index (Phi) is 10.7. The predicted molar refractivity (Wildman–Crippen MR) is 139 cm³/mol. The van der Waals surface area contributed by atoms with E-state index in [0.717, 1.165) is 29.5 Å². The maximum absolute atomic E-state index is 13.6. The van der Waals surface area contributed by atoms with Crippen molar-refractivity contribution in [1.82, 2.24) is 10.2 Å². The first-order chi connectivity index (χ1) is 17.0. The summed E-state index contributed by atoms with van der Waals surface area (Å²) >= 11 is 6.32. The number of anilines is 1. The summed E-state index contributed by atoms with van der Waals surface area (Å²) in [4.78, 5) is 38.5. The van der Waals surface area contributed by atoms with Gasteiger partial charge in [0, 0.05) is 30.2 Å². The molecule has 0 unspecified atom stereocenters. The zero-order valence-corrected chi connectivity index (χ0v) is 22.1. The smallest absolute Gasteiger partial charge is 0.271 e. The summed E-state index contributed by atoms with van der Waals surface area (Å²) in [7, 11) is -4.00. The largest absolute Gasteiger partial charge is 0.354 e. The lowest BCUT2D eigenvalue weighted by Gasteiger charge is -2.33. The molecule has 12 heteroatoms. The number of halogens is 1. The van der Waals surface area contributed by atoms with E-state index in [2.05, 4.69) is 5.32 Å². The first-order valence-corrected chi connectivity index (χ1v) is 13.7. The number of nitrogens with zero attached hydrogens (tertiary/aromatic N) is 3. The van der Waals surface area contributed by atoms with E-state index in [-0.39, 0.29) is 30.2 Å². The zero-order valence-electron chi connectivity index (χ0n) is 20.5. The van der Waals surface area contributed by atoms with Gasteiger partial charge in [0.1, 0.15) is 12.6 Å². The van der Waals surface area contributed by atoms with Gasteiger partial charge >= 0.3 is 0 Å². The van der Waals surface area contributed by atoms with E-state index in [0.29, 0.717) is 17.1 Å². The van der Waals surface area contributed by atoms with E-state index in [1.54, 1.807) is 31.2 Å². The van der Waals surface area contributed by atoms with Gasteiger partial charge < -0.3 is 10.2 Å². The standard InChI is InChI=1S/C24H31ClN4O6S/c1-4-6-14-26-24(31)22(5-2)27(16-18-10-7-8-13-21(18)25)23(30)17-28(36(3,34)35)19-11-9-12-20(15-19)29(32)33/h7-13,15,22H,4-6,14,16-17H2,1-3H3,(H,26,31)/t22-/m1/s1. The number of non-ortho nitro benzene ring substituents is 1. The summed E-state index contributed by atoms with van der Waals surface area (Å²) in [5, 5.41) is 14.4. The lowest BCUT2D eigenvalue weighted by atomic mass is 10.1. The van der Waals surface area contributed by atoms with Gasteiger partial charge in [0.15, 0.2) is 0 Å². The Bertz CT molecular complexity index is 1190. The van der Waals surface area contributed by atoms with E-state index in [9.17, 15) is 28.1 Å². The monoisotopic (exact) mass is 538 g/mol. The molecule has 2 amide bonds. The van der Waals surface area contributed by atoms with Crippen LogP contribution in [0.2, 0.25) is 5.02 Å². The Balaban J connectivity index is 2.45. The second-order valence-electron chi connectivity index (χ2n) is 8.23. The minimum atomic E-state index is -4.00. The van der Waals surface area contributed by atoms with Gasteiger partial charge in [0.05, 0.1) is 16.9 Å². The van der Waals surface area contributed by atoms with Crippen molar-refractivity contribution in [3.05, 3.63) is 69.2 Å². The Morgan fingerprint density at radius 2 is 1.83 bits per heavy atom. The molecule has 1 atom stereocenters. The highest BCUT2D eigenvalue weighted by Gasteiger charge is 2.32.